The average Bonchev–Trinajstić information content (AvgIpc) is 2.96. The van der Waals surface area contributed by atoms with Gasteiger partial charge < -0.3 is 10.6 Å². The van der Waals surface area contributed by atoms with E-state index < -0.39 is 5.82 Å². The first-order valence-corrected chi connectivity index (χ1v) is 7.23. The lowest BCUT2D eigenvalue weighted by atomic mass is 10.3. The van der Waals surface area contributed by atoms with Crippen LogP contribution in [0.2, 0.25) is 0 Å². The maximum Gasteiger partial charge on any atom is 0.291 e. The molecule has 23 heavy (non-hydrogen) atoms. The minimum atomic E-state index is -0.405. The molecule has 1 heterocycles. The van der Waals surface area contributed by atoms with Crippen LogP contribution in [0.15, 0.2) is 24.3 Å². The number of benzene rings is 1. The molecule has 126 valence electrons. The molecule has 0 saturated carbocycles. The fourth-order valence-electron chi connectivity index (χ4n) is 1.91. The van der Waals surface area contributed by atoms with Gasteiger partial charge in [-0.1, -0.05) is 19.1 Å². The highest BCUT2D eigenvalue weighted by Gasteiger charge is 2.18. The maximum atomic E-state index is 13.9. The summed E-state index contributed by atoms with van der Waals surface area (Å²) in [5.74, 6) is -0.190. The molecule has 2 N–H and O–H groups in total. The van der Waals surface area contributed by atoms with Gasteiger partial charge in [0.15, 0.2) is 0 Å². The molecule has 0 radical (unpaired) electrons. The maximum absolute atomic E-state index is 13.9. The lowest BCUT2D eigenvalue weighted by Gasteiger charge is -2.09. The average molecular weight is 342 g/mol. The molecule has 1 aromatic heterocycles. The number of nitrogens with zero attached hydrogens (tertiary/aromatic N) is 3. The largest absolute Gasteiger partial charge is 0.348 e. The summed E-state index contributed by atoms with van der Waals surface area (Å²) >= 11 is 0. The Morgan fingerprint density at radius 1 is 1.39 bits per heavy atom. The van der Waals surface area contributed by atoms with E-state index in [9.17, 15) is 9.18 Å². The molecule has 0 bridgehead atoms. The number of hydrogen-bond donors (Lipinski definition) is 2. The van der Waals surface area contributed by atoms with Crippen LogP contribution in [0.25, 0.3) is 5.69 Å². The van der Waals surface area contributed by atoms with Gasteiger partial charge in [0.05, 0.1) is 0 Å². The number of halogens is 2. The van der Waals surface area contributed by atoms with E-state index in [0.29, 0.717) is 18.8 Å². The summed E-state index contributed by atoms with van der Waals surface area (Å²) in [7, 11) is 1.82. The Morgan fingerprint density at radius 2 is 2.09 bits per heavy atom. The van der Waals surface area contributed by atoms with Crippen LogP contribution in [0.1, 0.15) is 30.3 Å². The van der Waals surface area contributed by atoms with Crippen molar-refractivity contribution in [3.8, 4) is 5.69 Å². The van der Waals surface area contributed by atoms with Crippen molar-refractivity contribution in [2.45, 2.75) is 26.3 Å². The topological polar surface area (TPSA) is 71.8 Å². The standard InChI is InChI=1S/C15H20FN5O.ClH/c1-4-13-19-14(15(22)18-9-10(2)17-3)20-21(13)12-8-6-5-7-11(12)16;/h5-8,10,17H,4,9H2,1-3H3,(H,18,22);1H. The van der Waals surface area contributed by atoms with E-state index in [-0.39, 0.29) is 35.9 Å². The van der Waals surface area contributed by atoms with Gasteiger partial charge in [0, 0.05) is 19.0 Å². The van der Waals surface area contributed by atoms with Crippen LogP contribution in [-0.2, 0) is 6.42 Å². The van der Waals surface area contributed by atoms with Crippen LogP contribution in [0.4, 0.5) is 4.39 Å². The van der Waals surface area contributed by atoms with Crippen LogP contribution in [-0.4, -0.2) is 40.3 Å². The van der Waals surface area contributed by atoms with E-state index in [0.717, 1.165) is 0 Å². The van der Waals surface area contributed by atoms with Crippen molar-refractivity contribution in [2.24, 2.45) is 0 Å². The molecule has 0 aliphatic rings. The summed E-state index contributed by atoms with van der Waals surface area (Å²) in [5.41, 5.74) is 0.287. The first kappa shape index (κ1) is 19.1. The molecule has 2 aromatic rings. The molecular weight excluding hydrogens is 321 g/mol. The number of amides is 1. The van der Waals surface area contributed by atoms with E-state index in [1.165, 1.54) is 10.7 Å². The Hall–Kier alpha value is -1.99. The van der Waals surface area contributed by atoms with Crippen LogP contribution in [0.5, 0.6) is 0 Å². The van der Waals surface area contributed by atoms with Crippen molar-refractivity contribution in [3.05, 3.63) is 41.7 Å². The number of carbonyl (C=O) groups excluding carboxylic acids is 1. The van der Waals surface area contributed by atoms with Crippen molar-refractivity contribution >= 4 is 18.3 Å². The molecule has 8 heteroatoms. The molecule has 1 aromatic carbocycles. The third kappa shape index (κ3) is 4.49. The second-order valence-electron chi connectivity index (χ2n) is 4.97. The summed E-state index contributed by atoms with van der Waals surface area (Å²) in [6.07, 6.45) is 0.543. The van der Waals surface area contributed by atoms with Gasteiger partial charge in [0.2, 0.25) is 5.82 Å². The summed E-state index contributed by atoms with van der Waals surface area (Å²) < 4.78 is 15.3. The number of hydrogen-bond acceptors (Lipinski definition) is 4. The third-order valence-electron chi connectivity index (χ3n) is 3.34. The highest BCUT2D eigenvalue weighted by molar-refractivity contribution is 5.90. The Bertz CT molecular complexity index is 661. The van der Waals surface area contributed by atoms with E-state index in [2.05, 4.69) is 20.7 Å². The predicted octanol–water partition coefficient (Wildman–Crippen LogP) is 1.73. The van der Waals surface area contributed by atoms with E-state index in [1.54, 1.807) is 18.2 Å². The van der Waals surface area contributed by atoms with Gasteiger partial charge in [0.25, 0.3) is 5.91 Å². The van der Waals surface area contributed by atoms with Gasteiger partial charge in [0.1, 0.15) is 17.3 Å². The normalized spacial score (nSPS) is 11.7. The van der Waals surface area contributed by atoms with E-state index >= 15 is 0 Å². The van der Waals surface area contributed by atoms with Gasteiger partial charge in [-0.2, -0.15) is 0 Å². The summed E-state index contributed by atoms with van der Waals surface area (Å²) in [6.45, 7) is 4.29. The summed E-state index contributed by atoms with van der Waals surface area (Å²) in [5, 5.41) is 9.92. The smallest absolute Gasteiger partial charge is 0.291 e. The third-order valence-corrected chi connectivity index (χ3v) is 3.34. The van der Waals surface area contributed by atoms with Crippen LogP contribution < -0.4 is 10.6 Å². The van der Waals surface area contributed by atoms with Crippen molar-refractivity contribution in [1.29, 1.82) is 0 Å². The molecule has 6 nitrogen and oxygen atoms in total. The number of aryl methyl sites for hydroxylation is 1. The zero-order valence-electron chi connectivity index (χ0n) is 13.3. The van der Waals surface area contributed by atoms with Gasteiger partial charge >= 0.3 is 0 Å². The SMILES string of the molecule is CCc1nc(C(=O)NCC(C)NC)nn1-c1ccccc1F.Cl. The molecule has 0 fully saturated rings. The molecule has 0 aliphatic heterocycles. The van der Waals surface area contributed by atoms with Gasteiger partial charge in [-0.25, -0.2) is 14.1 Å². The van der Waals surface area contributed by atoms with Crippen molar-refractivity contribution < 1.29 is 9.18 Å². The van der Waals surface area contributed by atoms with Gasteiger partial charge in [-0.05, 0) is 26.1 Å². The second-order valence-corrected chi connectivity index (χ2v) is 4.97. The molecule has 0 saturated heterocycles. The number of carbonyl (C=O) groups is 1. The number of para-hydroxylation sites is 1. The highest BCUT2D eigenvalue weighted by Crippen LogP contribution is 2.14. The quantitative estimate of drug-likeness (QED) is 0.839. The first-order valence-electron chi connectivity index (χ1n) is 7.23. The molecule has 1 amide bonds. The van der Waals surface area contributed by atoms with Crippen molar-refractivity contribution in [2.75, 3.05) is 13.6 Å². The Morgan fingerprint density at radius 3 is 2.70 bits per heavy atom. The van der Waals surface area contributed by atoms with Gasteiger partial charge in [-0.3, -0.25) is 4.79 Å². The zero-order chi connectivity index (χ0) is 16.1. The Balaban J connectivity index is 0.00000264. The van der Waals surface area contributed by atoms with E-state index in [1.807, 2.05) is 20.9 Å². The monoisotopic (exact) mass is 341 g/mol. The van der Waals surface area contributed by atoms with Crippen molar-refractivity contribution in [1.82, 2.24) is 25.4 Å². The summed E-state index contributed by atoms with van der Waals surface area (Å²) in [6, 6.07) is 6.42. The number of rotatable bonds is 6. The minimum absolute atomic E-state index is 0. The Kier molecular flexibility index (Phi) is 7.12. The highest BCUT2D eigenvalue weighted by atomic mass is 35.5. The second kappa shape index (κ2) is 8.59. The number of likely N-dealkylation sites (N-methyl/N-ethyl adjacent to an activating group) is 1. The zero-order valence-corrected chi connectivity index (χ0v) is 14.2. The van der Waals surface area contributed by atoms with Gasteiger partial charge in [-0.15, -0.1) is 17.5 Å². The molecular formula is C15H21ClFN5O. The first-order chi connectivity index (χ1) is 10.6. The van der Waals surface area contributed by atoms with Crippen LogP contribution in [0, 0.1) is 5.82 Å². The predicted molar refractivity (Wildman–Crippen MR) is 88.8 cm³/mol. The lowest BCUT2D eigenvalue weighted by molar-refractivity contribution is 0.0940. The van der Waals surface area contributed by atoms with Crippen LogP contribution in [0.3, 0.4) is 0 Å². The molecule has 1 atom stereocenters. The molecule has 0 aliphatic carbocycles. The molecule has 2 rings (SSSR count). The fourth-order valence-corrected chi connectivity index (χ4v) is 1.91. The van der Waals surface area contributed by atoms with Crippen LogP contribution >= 0.6 is 12.4 Å². The minimum Gasteiger partial charge on any atom is -0.348 e. The van der Waals surface area contributed by atoms with Crippen molar-refractivity contribution in [3.63, 3.8) is 0 Å². The molecule has 1 unspecified atom stereocenters. The number of aromatic nitrogens is 3. The Labute approximate surface area is 140 Å². The van der Waals surface area contributed by atoms with E-state index in [4.69, 9.17) is 0 Å². The molecule has 0 spiro atoms. The number of nitrogens with one attached hydrogen (secondary N) is 2. The summed E-state index contributed by atoms with van der Waals surface area (Å²) in [4.78, 5) is 16.3. The lowest BCUT2D eigenvalue weighted by Crippen LogP contribution is -2.37. The fraction of sp³-hybridized carbons (Fsp3) is 0.400.